The zero-order valence-electron chi connectivity index (χ0n) is 22.1. The first-order valence-electron chi connectivity index (χ1n) is 12.3. The molecule has 0 amide bonds. The van der Waals surface area contributed by atoms with Crippen molar-refractivity contribution in [1.29, 1.82) is 0 Å². The van der Waals surface area contributed by atoms with E-state index in [1.54, 1.807) is 44.4 Å². The fourth-order valence-electron chi connectivity index (χ4n) is 4.13. The summed E-state index contributed by atoms with van der Waals surface area (Å²) in [7, 11) is 5.07. The third kappa shape index (κ3) is 5.79. The molecule has 12 heteroatoms. The SMILES string of the molecule is CCOC(=O)Cn1cc(CN(c2cc(OC)cc(OC)c2)c2ccc3ncc(-c4cnn(C)c4)nc3c2)nn1. The van der Waals surface area contributed by atoms with Crippen molar-refractivity contribution in [2.45, 2.75) is 20.0 Å². The van der Waals surface area contributed by atoms with Crippen LogP contribution in [-0.2, 0) is 29.7 Å². The fourth-order valence-corrected chi connectivity index (χ4v) is 4.13. The molecule has 0 radical (unpaired) electrons. The highest BCUT2D eigenvalue weighted by Crippen LogP contribution is 2.35. The molecule has 39 heavy (non-hydrogen) atoms. The fraction of sp³-hybridized carbons (Fsp3) is 0.259. The first-order valence-corrected chi connectivity index (χ1v) is 12.3. The Labute approximate surface area is 224 Å². The van der Waals surface area contributed by atoms with Gasteiger partial charge in [-0.2, -0.15) is 5.10 Å². The second kappa shape index (κ2) is 11.2. The van der Waals surface area contributed by atoms with Crippen LogP contribution in [0.2, 0.25) is 0 Å². The van der Waals surface area contributed by atoms with Crippen LogP contribution in [0.25, 0.3) is 22.3 Å². The zero-order valence-corrected chi connectivity index (χ0v) is 22.1. The van der Waals surface area contributed by atoms with Gasteiger partial charge in [-0.15, -0.1) is 5.10 Å². The van der Waals surface area contributed by atoms with Gasteiger partial charge in [-0.05, 0) is 25.1 Å². The minimum atomic E-state index is -0.374. The first kappa shape index (κ1) is 25.6. The minimum Gasteiger partial charge on any atom is -0.497 e. The third-order valence-corrected chi connectivity index (χ3v) is 5.99. The second-order valence-corrected chi connectivity index (χ2v) is 8.70. The van der Waals surface area contributed by atoms with Crippen LogP contribution in [0.5, 0.6) is 11.5 Å². The molecule has 0 saturated carbocycles. The predicted octanol–water partition coefficient (Wildman–Crippen LogP) is 3.54. The highest BCUT2D eigenvalue weighted by atomic mass is 16.5. The number of hydrogen-bond acceptors (Lipinski definition) is 10. The van der Waals surface area contributed by atoms with Gasteiger partial charge in [0.25, 0.3) is 0 Å². The van der Waals surface area contributed by atoms with Crippen molar-refractivity contribution in [2.75, 3.05) is 25.7 Å². The summed E-state index contributed by atoms with van der Waals surface area (Å²) in [5.74, 6) is 0.903. The van der Waals surface area contributed by atoms with E-state index in [4.69, 9.17) is 19.2 Å². The molecule has 0 atom stereocenters. The number of esters is 1. The standard InChI is InChI=1S/C27H28N8O4/c1-5-39-27(36)17-34-15-19(31-32-34)16-35(21-8-22(37-3)11-23(9-21)38-4)20-6-7-24-25(10-20)30-26(13-28-24)18-12-29-33(2)14-18/h6-15H,5,16-17H2,1-4H3. The number of ether oxygens (including phenoxy) is 3. The Morgan fingerprint density at radius 1 is 0.974 bits per heavy atom. The van der Waals surface area contributed by atoms with Crippen LogP contribution in [-0.4, -0.2) is 61.5 Å². The Hall–Kier alpha value is -5.00. The van der Waals surface area contributed by atoms with Crippen LogP contribution in [0, 0.1) is 0 Å². The van der Waals surface area contributed by atoms with E-state index in [-0.39, 0.29) is 12.5 Å². The minimum absolute atomic E-state index is 0.0174. The van der Waals surface area contributed by atoms with E-state index >= 15 is 0 Å². The van der Waals surface area contributed by atoms with Crippen molar-refractivity contribution in [1.82, 2.24) is 34.7 Å². The lowest BCUT2D eigenvalue weighted by Crippen LogP contribution is -2.17. The number of aryl methyl sites for hydroxylation is 1. The summed E-state index contributed by atoms with van der Waals surface area (Å²) < 4.78 is 19.3. The van der Waals surface area contributed by atoms with Crippen molar-refractivity contribution in [3.8, 4) is 22.8 Å². The van der Waals surface area contributed by atoms with Crippen molar-refractivity contribution in [2.24, 2.45) is 7.05 Å². The van der Waals surface area contributed by atoms with Gasteiger partial charge in [0.05, 0.1) is 62.7 Å². The average Bonchev–Trinajstić information content (AvgIpc) is 3.59. The molecule has 200 valence electrons. The van der Waals surface area contributed by atoms with E-state index in [1.165, 1.54) is 4.68 Å². The summed E-state index contributed by atoms with van der Waals surface area (Å²) >= 11 is 0. The molecule has 2 aromatic carbocycles. The normalized spacial score (nSPS) is 11.0. The van der Waals surface area contributed by atoms with E-state index in [2.05, 4.69) is 20.4 Å². The Kier molecular flexibility index (Phi) is 7.34. The Bertz CT molecular complexity index is 1590. The van der Waals surface area contributed by atoms with Crippen LogP contribution in [0.15, 0.2) is 61.2 Å². The highest BCUT2D eigenvalue weighted by molar-refractivity contribution is 5.82. The molecule has 3 heterocycles. The van der Waals surface area contributed by atoms with Crippen molar-refractivity contribution in [3.63, 3.8) is 0 Å². The maximum absolute atomic E-state index is 11.9. The summed E-state index contributed by atoms with van der Waals surface area (Å²) in [5.41, 5.74) is 5.39. The van der Waals surface area contributed by atoms with Gasteiger partial charge >= 0.3 is 5.97 Å². The number of anilines is 2. The second-order valence-electron chi connectivity index (χ2n) is 8.70. The van der Waals surface area contributed by atoms with Gasteiger partial charge in [0, 0.05) is 48.4 Å². The van der Waals surface area contributed by atoms with E-state index in [9.17, 15) is 4.79 Å². The molecule has 12 nitrogen and oxygen atoms in total. The maximum atomic E-state index is 11.9. The summed E-state index contributed by atoms with van der Waals surface area (Å²) in [6.07, 6.45) is 7.12. The van der Waals surface area contributed by atoms with Gasteiger partial charge < -0.3 is 19.1 Å². The number of aromatic nitrogens is 7. The van der Waals surface area contributed by atoms with Crippen molar-refractivity contribution < 1.29 is 19.0 Å². The molecule has 0 spiro atoms. The number of nitrogens with zero attached hydrogens (tertiary/aromatic N) is 8. The number of carbonyl (C=O) groups is 1. The lowest BCUT2D eigenvalue weighted by molar-refractivity contribution is -0.144. The van der Waals surface area contributed by atoms with Gasteiger partial charge in [0.2, 0.25) is 0 Å². The van der Waals surface area contributed by atoms with Crippen molar-refractivity contribution >= 4 is 28.4 Å². The van der Waals surface area contributed by atoms with Crippen LogP contribution < -0.4 is 14.4 Å². The Morgan fingerprint density at radius 3 is 2.46 bits per heavy atom. The molecular formula is C27H28N8O4. The highest BCUT2D eigenvalue weighted by Gasteiger charge is 2.17. The van der Waals surface area contributed by atoms with E-state index < -0.39 is 0 Å². The van der Waals surface area contributed by atoms with Gasteiger partial charge in [0.1, 0.15) is 23.7 Å². The number of hydrogen-bond donors (Lipinski definition) is 0. The zero-order chi connectivity index (χ0) is 27.4. The molecule has 0 aliphatic carbocycles. The molecule has 0 saturated heterocycles. The summed E-state index contributed by atoms with van der Waals surface area (Å²) in [5, 5.41) is 12.6. The molecular weight excluding hydrogens is 500 g/mol. The van der Waals surface area contributed by atoms with E-state index in [1.807, 2.05) is 54.5 Å². The quantitative estimate of drug-likeness (QED) is 0.249. The number of rotatable bonds is 10. The predicted molar refractivity (Wildman–Crippen MR) is 144 cm³/mol. The number of fused-ring (bicyclic) bond motifs is 1. The molecule has 0 unspecified atom stereocenters. The molecule has 0 aliphatic heterocycles. The maximum Gasteiger partial charge on any atom is 0.327 e. The molecule has 0 fully saturated rings. The summed E-state index contributed by atoms with van der Waals surface area (Å²) in [6, 6.07) is 11.5. The smallest absolute Gasteiger partial charge is 0.327 e. The molecule has 3 aromatic heterocycles. The monoisotopic (exact) mass is 528 g/mol. The Balaban J connectivity index is 1.55. The lowest BCUT2D eigenvalue weighted by Gasteiger charge is -2.25. The van der Waals surface area contributed by atoms with E-state index in [0.29, 0.717) is 30.3 Å². The largest absolute Gasteiger partial charge is 0.497 e. The molecule has 0 N–H and O–H groups in total. The molecule has 0 bridgehead atoms. The van der Waals surface area contributed by atoms with Crippen molar-refractivity contribution in [3.05, 3.63) is 66.9 Å². The third-order valence-electron chi connectivity index (χ3n) is 5.99. The molecule has 0 aliphatic rings. The van der Waals surface area contributed by atoms with Crippen LogP contribution in [0.3, 0.4) is 0 Å². The average molecular weight is 529 g/mol. The van der Waals surface area contributed by atoms with Crippen LogP contribution >= 0.6 is 0 Å². The number of methoxy groups -OCH3 is 2. The lowest BCUT2D eigenvalue weighted by atomic mass is 10.2. The van der Waals surface area contributed by atoms with Crippen LogP contribution in [0.1, 0.15) is 12.6 Å². The molecule has 5 aromatic rings. The van der Waals surface area contributed by atoms with Gasteiger partial charge in [0.15, 0.2) is 0 Å². The van der Waals surface area contributed by atoms with Crippen LogP contribution in [0.4, 0.5) is 11.4 Å². The van der Waals surface area contributed by atoms with E-state index in [0.717, 1.165) is 33.7 Å². The summed E-state index contributed by atoms with van der Waals surface area (Å²) in [6.45, 7) is 2.40. The van der Waals surface area contributed by atoms with Gasteiger partial charge in [-0.3, -0.25) is 14.5 Å². The number of benzene rings is 2. The first-order chi connectivity index (χ1) is 18.9. The molecule has 5 rings (SSSR count). The Morgan fingerprint density at radius 2 is 1.77 bits per heavy atom. The van der Waals surface area contributed by atoms with Gasteiger partial charge in [-0.1, -0.05) is 5.21 Å². The number of carbonyl (C=O) groups excluding carboxylic acids is 1. The topological polar surface area (TPSA) is 122 Å². The van der Waals surface area contributed by atoms with Gasteiger partial charge in [-0.25, -0.2) is 9.67 Å². The summed E-state index contributed by atoms with van der Waals surface area (Å²) in [4.78, 5) is 23.4.